The number of benzene rings is 2. The van der Waals surface area contributed by atoms with Crippen LogP contribution in [0.2, 0.25) is 0 Å². The van der Waals surface area contributed by atoms with Crippen molar-refractivity contribution >= 4 is 45.5 Å². The first kappa shape index (κ1) is 26.8. The topological polar surface area (TPSA) is 104 Å². The third kappa shape index (κ3) is 6.11. The van der Waals surface area contributed by atoms with Gasteiger partial charge in [-0.05, 0) is 34.6 Å². The lowest BCUT2D eigenvalue weighted by atomic mass is 9.94. The quantitative estimate of drug-likeness (QED) is 0.258. The van der Waals surface area contributed by atoms with Crippen molar-refractivity contribution in [3.8, 4) is 11.1 Å². The fourth-order valence-electron chi connectivity index (χ4n) is 4.61. The van der Waals surface area contributed by atoms with Gasteiger partial charge in [0.1, 0.15) is 4.88 Å². The van der Waals surface area contributed by atoms with Crippen molar-refractivity contribution in [1.82, 2.24) is 9.88 Å². The van der Waals surface area contributed by atoms with Crippen LogP contribution in [-0.4, -0.2) is 53.3 Å². The number of pyridine rings is 1. The molecule has 1 aliphatic rings. The van der Waals surface area contributed by atoms with E-state index in [2.05, 4.69) is 27.7 Å². The second kappa shape index (κ2) is 11.1. The molecule has 4 aromatic rings. The van der Waals surface area contributed by atoms with Crippen LogP contribution in [0.4, 0.5) is 16.2 Å². The Hall–Kier alpha value is -3.79. The number of thiophene rings is 1. The van der Waals surface area contributed by atoms with Gasteiger partial charge in [0.2, 0.25) is 0 Å². The SMILES string of the molecule is CC(C)(C)c1cc(NC(=O)Nc2ccc(-c3ccc(CN4CCOCC4)nc3)c3ccccc23)c(C(=O)O)s1. The van der Waals surface area contributed by atoms with E-state index in [9.17, 15) is 14.7 Å². The van der Waals surface area contributed by atoms with Gasteiger partial charge in [0.15, 0.2) is 0 Å². The first-order valence-electron chi connectivity index (χ1n) is 12.9. The molecule has 1 aliphatic heterocycles. The highest BCUT2D eigenvalue weighted by Crippen LogP contribution is 2.36. The molecule has 8 nitrogen and oxygen atoms in total. The molecular formula is C30H32N4O4S. The summed E-state index contributed by atoms with van der Waals surface area (Å²) in [6.45, 7) is 10.2. The molecule has 0 spiro atoms. The third-order valence-electron chi connectivity index (χ3n) is 6.71. The Morgan fingerprint density at radius 3 is 2.38 bits per heavy atom. The fourth-order valence-corrected chi connectivity index (χ4v) is 5.62. The second-order valence-corrected chi connectivity index (χ2v) is 11.7. The van der Waals surface area contributed by atoms with Gasteiger partial charge in [-0.2, -0.15) is 0 Å². The average Bonchev–Trinajstić information content (AvgIpc) is 3.35. The summed E-state index contributed by atoms with van der Waals surface area (Å²) in [4.78, 5) is 32.8. The molecule has 2 aromatic heterocycles. The minimum Gasteiger partial charge on any atom is -0.477 e. The first-order valence-corrected chi connectivity index (χ1v) is 13.7. The Bertz CT molecular complexity index is 1500. The molecule has 3 heterocycles. The van der Waals surface area contributed by atoms with Crippen LogP contribution in [0.25, 0.3) is 21.9 Å². The number of rotatable bonds is 6. The van der Waals surface area contributed by atoms with E-state index in [0.29, 0.717) is 11.4 Å². The number of hydrogen-bond donors (Lipinski definition) is 3. The molecule has 0 saturated carbocycles. The number of fused-ring (bicyclic) bond motifs is 1. The van der Waals surface area contributed by atoms with Crippen molar-refractivity contribution in [2.75, 3.05) is 36.9 Å². The van der Waals surface area contributed by atoms with Gasteiger partial charge in [0, 0.05) is 41.7 Å². The molecule has 0 aliphatic carbocycles. The minimum atomic E-state index is -1.06. The van der Waals surface area contributed by atoms with Crippen molar-refractivity contribution in [2.24, 2.45) is 0 Å². The van der Waals surface area contributed by atoms with Gasteiger partial charge < -0.3 is 20.5 Å². The van der Waals surface area contributed by atoms with Gasteiger partial charge >= 0.3 is 12.0 Å². The lowest BCUT2D eigenvalue weighted by Crippen LogP contribution is -2.35. The molecule has 3 N–H and O–H groups in total. The highest BCUT2D eigenvalue weighted by atomic mass is 32.1. The number of hydrogen-bond acceptors (Lipinski definition) is 6. The summed E-state index contributed by atoms with van der Waals surface area (Å²) in [6.07, 6.45) is 1.90. The van der Waals surface area contributed by atoms with Crippen molar-refractivity contribution in [3.63, 3.8) is 0 Å². The fraction of sp³-hybridized carbons (Fsp3) is 0.300. The highest BCUT2D eigenvalue weighted by Gasteiger charge is 2.24. The van der Waals surface area contributed by atoms with Gasteiger partial charge in [-0.3, -0.25) is 9.88 Å². The summed E-state index contributed by atoms with van der Waals surface area (Å²) in [7, 11) is 0. The van der Waals surface area contributed by atoms with Crippen molar-refractivity contribution < 1.29 is 19.4 Å². The van der Waals surface area contributed by atoms with Crippen molar-refractivity contribution in [1.29, 1.82) is 0 Å². The monoisotopic (exact) mass is 544 g/mol. The zero-order valence-electron chi connectivity index (χ0n) is 22.3. The first-order chi connectivity index (χ1) is 18.7. The maximum Gasteiger partial charge on any atom is 0.348 e. The summed E-state index contributed by atoms with van der Waals surface area (Å²) in [5, 5.41) is 17.2. The number of ether oxygens (including phenoxy) is 1. The number of amides is 2. The van der Waals surface area contributed by atoms with Crippen LogP contribution < -0.4 is 10.6 Å². The normalized spacial score (nSPS) is 14.3. The molecule has 0 unspecified atom stereocenters. The van der Waals surface area contributed by atoms with Crippen LogP contribution in [0.3, 0.4) is 0 Å². The molecule has 2 aromatic carbocycles. The van der Waals surface area contributed by atoms with E-state index in [0.717, 1.165) is 65.3 Å². The van der Waals surface area contributed by atoms with Crippen molar-refractivity contribution in [3.05, 3.63) is 76.2 Å². The molecule has 1 fully saturated rings. The number of aromatic carboxylic acids is 1. The van der Waals surface area contributed by atoms with E-state index >= 15 is 0 Å². The zero-order valence-corrected chi connectivity index (χ0v) is 23.1. The summed E-state index contributed by atoms with van der Waals surface area (Å²) in [5.41, 5.74) is 3.72. The Morgan fingerprint density at radius 2 is 1.72 bits per heavy atom. The van der Waals surface area contributed by atoms with Gasteiger partial charge in [-0.15, -0.1) is 11.3 Å². The van der Waals surface area contributed by atoms with Crippen molar-refractivity contribution in [2.45, 2.75) is 32.7 Å². The Morgan fingerprint density at radius 1 is 1.00 bits per heavy atom. The molecular weight excluding hydrogens is 512 g/mol. The number of anilines is 2. The average molecular weight is 545 g/mol. The number of carboxylic acids is 1. The van der Waals surface area contributed by atoms with Crippen LogP contribution in [0.1, 0.15) is 41.0 Å². The predicted molar refractivity (Wildman–Crippen MR) is 156 cm³/mol. The molecule has 9 heteroatoms. The predicted octanol–water partition coefficient (Wildman–Crippen LogP) is 6.44. The lowest BCUT2D eigenvalue weighted by Gasteiger charge is -2.26. The Kier molecular flexibility index (Phi) is 7.65. The molecule has 2 amide bonds. The molecule has 39 heavy (non-hydrogen) atoms. The minimum absolute atomic E-state index is 0.111. The summed E-state index contributed by atoms with van der Waals surface area (Å²) in [5.74, 6) is -1.06. The van der Waals surface area contributed by atoms with E-state index in [1.54, 1.807) is 6.07 Å². The van der Waals surface area contributed by atoms with E-state index in [-0.39, 0.29) is 10.3 Å². The Labute approximate surface area is 231 Å². The van der Waals surface area contributed by atoms with Gasteiger partial charge in [0.25, 0.3) is 0 Å². The maximum atomic E-state index is 13.0. The molecule has 0 atom stereocenters. The lowest BCUT2D eigenvalue weighted by molar-refractivity contribution is 0.0336. The number of aromatic nitrogens is 1. The number of carbonyl (C=O) groups is 2. The number of urea groups is 1. The van der Waals surface area contributed by atoms with Gasteiger partial charge in [0.05, 0.1) is 30.3 Å². The smallest absolute Gasteiger partial charge is 0.348 e. The van der Waals surface area contributed by atoms with Gasteiger partial charge in [-0.25, -0.2) is 9.59 Å². The van der Waals surface area contributed by atoms with E-state index in [4.69, 9.17) is 9.72 Å². The summed E-state index contributed by atoms with van der Waals surface area (Å²) < 4.78 is 5.43. The number of carbonyl (C=O) groups excluding carboxylic acids is 1. The maximum absolute atomic E-state index is 13.0. The number of carboxylic acid groups (broad SMARTS) is 1. The largest absolute Gasteiger partial charge is 0.477 e. The van der Waals surface area contributed by atoms with Crippen LogP contribution in [0.15, 0.2) is 60.8 Å². The number of morpholine rings is 1. The van der Waals surface area contributed by atoms with Crippen LogP contribution >= 0.6 is 11.3 Å². The molecule has 1 saturated heterocycles. The van der Waals surface area contributed by atoms with Crippen LogP contribution in [0.5, 0.6) is 0 Å². The van der Waals surface area contributed by atoms with E-state index in [1.807, 2.05) is 63.4 Å². The summed E-state index contributed by atoms with van der Waals surface area (Å²) >= 11 is 1.18. The molecule has 202 valence electrons. The summed E-state index contributed by atoms with van der Waals surface area (Å²) in [6, 6.07) is 17.1. The molecule has 0 radical (unpaired) electrons. The van der Waals surface area contributed by atoms with Crippen LogP contribution in [-0.2, 0) is 16.7 Å². The standard InChI is InChI=1S/C30H32N4O4S/c1-30(2,3)26-16-25(27(39-26)28(35)36)33-29(37)32-24-11-10-21(22-6-4-5-7-23(22)24)19-8-9-20(31-17-19)18-34-12-14-38-15-13-34/h4-11,16-17H,12-15,18H2,1-3H3,(H,35,36)(H2,32,33,37). The molecule has 5 rings (SSSR count). The van der Waals surface area contributed by atoms with E-state index < -0.39 is 12.0 Å². The second-order valence-electron chi connectivity index (χ2n) is 10.6. The Balaban J connectivity index is 1.36. The van der Waals surface area contributed by atoms with Gasteiger partial charge in [-0.1, -0.05) is 57.2 Å². The van der Waals surface area contributed by atoms with E-state index in [1.165, 1.54) is 11.3 Å². The number of nitrogens with one attached hydrogen (secondary N) is 2. The zero-order chi connectivity index (χ0) is 27.6. The number of nitrogens with zero attached hydrogens (tertiary/aromatic N) is 2. The van der Waals surface area contributed by atoms with Crippen LogP contribution in [0, 0.1) is 0 Å². The highest BCUT2D eigenvalue weighted by molar-refractivity contribution is 7.14. The molecule has 0 bridgehead atoms. The third-order valence-corrected chi connectivity index (χ3v) is 8.26.